The Morgan fingerprint density at radius 2 is 1.86 bits per heavy atom. The summed E-state index contributed by atoms with van der Waals surface area (Å²) in [5.74, 6) is -0.280. The van der Waals surface area contributed by atoms with Crippen LogP contribution in [0.4, 0.5) is 4.39 Å². The molecule has 2 aliphatic rings. The summed E-state index contributed by atoms with van der Waals surface area (Å²) in [6.07, 6.45) is 7.19. The lowest BCUT2D eigenvalue weighted by atomic mass is 9.80. The summed E-state index contributed by atoms with van der Waals surface area (Å²) >= 11 is 0. The number of aromatic nitrogens is 3. The van der Waals surface area contributed by atoms with E-state index in [-0.39, 0.29) is 5.82 Å². The molecule has 0 spiro atoms. The second-order valence-electron chi connectivity index (χ2n) is 7.88. The minimum Gasteiger partial charge on any atom is -0.383 e. The van der Waals surface area contributed by atoms with Crippen molar-refractivity contribution in [3.63, 3.8) is 0 Å². The molecule has 0 radical (unpaired) electrons. The minimum atomic E-state index is -0.949. The predicted molar refractivity (Wildman–Crippen MR) is 105 cm³/mol. The lowest BCUT2D eigenvalue weighted by molar-refractivity contribution is -0.0436. The number of rotatable bonds is 3. The molecular weight excluding hydrogens is 355 g/mol. The van der Waals surface area contributed by atoms with Gasteiger partial charge in [0.2, 0.25) is 0 Å². The lowest BCUT2D eigenvalue weighted by Gasteiger charge is -2.40. The largest absolute Gasteiger partial charge is 0.383 e. The third-order valence-corrected chi connectivity index (χ3v) is 6.20. The Morgan fingerprint density at radius 1 is 1.07 bits per heavy atom. The first-order chi connectivity index (χ1) is 13.6. The highest BCUT2D eigenvalue weighted by molar-refractivity contribution is 5.83. The summed E-state index contributed by atoms with van der Waals surface area (Å²) in [5, 5.41) is 19.4. The van der Waals surface area contributed by atoms with E-state index in [1.54, 1.807) is 24.5 Å². The Kier molecular flexibility index (Phi) is 4.25. The van der Waals surface area contributed by atoms with Crippen LogP contribution in [-0.4, -0.2) is 44.3 Å². The van der Waals surface area contributed by atoms with Crippen molar-refractivity contribution in [2.24, 2.45) is 0 Å². The number of hydrogen-bond acceptors (Lipinski definition) is 4. The Hall–Kier alpha value is -2.57. The van der Waals surface area contributed by atoms with Crippen LogP contribution in [0.15, 0.2) is 48.8 Å². The number of halogens is 1. The molecule has 2 atom stereocenters. The van der Waals surface area contributed by atoms with Crippen molar-refractivity contribution in [3.05, 3.63) is 60.3 Å². The third kappa shape index (κ3) is 2.93. The fourth-order valence-corrected chi connectivity index (χ4v) is 4.76. The first-order valence-corrected chi connectivity index (χ1v) is 9.86. The van der Waals surface area contributed by atoms with Crippen LogP contribution in [0.2, 0.25) is 0 Å². The van der Waals surface area contributed by atoms with E-state index in [4.69, 9.17) is 0 Å². The van der Waals surface area contributed by atoms with Crippen molar-refractivity contribution in [2.45, 2.75) is 37.3 Å². The Labute approximate surface area is 163 Å². The molecule has 2 saturated heterocycles. The monoisotopic (exact) mass is 378 g/mol. The first kappa shape index (κ1) is 17.5. The minimum absolute atomic E-state index is 0.280. The number of fused-ring (bicyclic) bond motifs is 1. The van der Waals surface area contributed by atoms with Gasteiger partial charge in [-0.1, -0.05) is 0 Å². The molecule has 6 heteroatoms. The van der Waals surface area contributed by atoms with Gasteiger partial charge in [0.25, 0.3) is 0 Å². The molecule has 5 nitrogen and oxygen atoms in total. The van der Waals surface area contributed by atoms with Gasteiger partial charge in [0.15, 0.2) is 0 Å². The highest BCUT2D eigenvalue weighted by Crippen LogP contribution is 2.44. The van der Waals surface area contributed by atoms with E-state index in [0.717, 1.165) is 47.6 Å². The Balaban J connectivity index is 1.63. The van der Waals surface area contributed by atoms with Gasteiger partial charge in [-0.15, -0.1) is 0 Å². The molecule has 4 heterocycles. The molecule has 2 aromatic heterocycles. The van der Waals surface area contributed by atoms with E-state index in [0.29, 0.717) is 18.9 Å². The maximum absolute atomic E-state index is 13.4. The topological polar surface area (TPSA) is 65.0 Å². The molecule has 2 fully saturated rings. The molecular formula is C22H23FN4O. The van der Waals surface area contributed by atoms with Crippen molar-refractivity contribution in [1.82, 2.24) is 20.1 Å². The van der Waals surface area contributed by atoms with Gasteiger partial charge in [-0.05, 0) is 74.2 Å². The number of nitrogens with one attached hydrogen (secondary N) is 1. The second-order valence-corrected chi connectivity index (χ2v) is 7.88. The molecule has 2 aliphatic heterocycles. The first-order valence-electron chi connectivity index (χ1n) is 9.86. The summed E-state index contributed by atoms with van der Waals surface area (Å²) in [6.45, 7) is 2.02. The number of nitrogens with zero attached hydrogens (tertiary/aromatic N) is 3. The average molecular weight is 378 g/mol. The zero-order valence-corrected chi connectivity index (χ0v) is 15.6. The van der Waals surface area contributed by atoms with Crippen LogP contribution in [0.3, 0.4) is 0 Å². The SMILES string of the molecule is OC1(c2[nH]nc(-c3ccc(F)cc3)c2-c2ccncc2)CCN2CCCC2C1. The number of benzene rings is 1. The summed E-state index contributed by atoms with van der Waals surface area (Å²) in [5.41, 5.74) is 3.17. The van der Waals surface area contributed by atoms with E-state index >= 15 is 0 Å². The number of aromatic amines is 1. The Bertz CT molecular complexity index is 972. The highest BCUT2D eigenvalue weighted by atomic mass is 19.1. The smallest absolute Gasteiger partial charge is 0.123 e. The molecule has 0 aliphatic carbocycles. The van der Waals surface area contributed by atoms with Crippen LogP contribution in [0, 0.1) is 5.82 Å². The maximum Gasteiger partial charge on any atom is 0.123 e. The molecule has 2 N–H and O–H groups in total. The summed E-state index contributed by atoms with van der Waals surface area (Å²) < 4.78 is 13.4. The van der Waals surface area contributed by atoms with Crippen LogP contribution in [0.25, 0.3) is 22.4 Å². The van der Waals surface area contributed by atoms with Gasteiger partial charge in [-0.25, -0.2) is 4.39 Å². The van der Waals surface area contributed by atoms with Gasteiger partial charge in [0, 0.05) is 36.1 Å². The fraction of sp³-hybridized carbons (Fsp3) is 0.364. The molecule has 2 unspecified atom stereocenters. The molecule has 0 amide bonds. The highest BCUT2D eigenvalue weighted by Gasteiger charge is 2.44. The predicted octanol–water partition coefficient (Wildman–Crippen LogP) is 3.72. The van der Waals surface area contributed by atoms with Crippen molar-refractivity contribution in [1.29, 1.82) is 0 Å². The molecule has 0 saturated carbocycles. The summed E-state index contributed by atoms with van der Waals surface area (Å²) in [6, 6.07) is 10.6. The quantitative estimate of drug-likeness (QED) is 0.729. The van der Waals surface area contributed by atoms with E-state index in [1.165, 1.54) is 18.6 Å². The van der Waals surface area contributed by atoms with Crippen LogP contribution in [0.5, 0.6) is 0 Å². The van der Waals surface area contributed by atoms with Gasteiger partial charge in [0.1, 0.15) is 17.1 Å². The molecule has 5 rings (SSSR count). The Morgan fingerprint density at radius 3 is 2.64 bits per heavy atom. The van der Waals surface area contributed by atoms with E-state index in [9.17, 15) is 9.50 Å². The molecule has 144 valence electrons. The zero-order valence-electron chi connectivity index (χ0n) is 15.6. The van der Waals surface area contributed by atoms with E-state index in [1.807, 2.05) is 12.1 Å². The van der Waals surface area contributed by atoms with Crippen LogP contribution in [-0.2, 0) is 5.60 Å². The van der Waals surface area contributed by atoms with Crippen LogP contribution in [0.1, 0.15) is 31.4 Å². The van der Waals surface area contributed by atoms with Crippen molar-refractivity contribution in [2.75, 3.05) is 13.1 Å². The van der Waals surface area contributed by atoms with Gasteiger partial charge in [-0.3, -0.25) is 10.1 Å². The standard InChI is InChI=1S/C22H23FN4O/c23-17-5-3-16(4-6-17)20-19(15-7-10-24-11-8-15)21(26-25-20)22(28)9-13-27-12-1-2-18(27)14-22/h3-8,10-11,18,28H,1-2,9,12-14H2,(H,25,26). The van der Waals surface area contributed by atoms with Crippen molar-refractivity contribution in [3.8, 4) is 22.4 Å². The molecule has 0 bridgehead atoms. The second kappa shape index (κ2) is 6.79. The van der Waals surface area contributed by atoms with Crippen LogP contribution >= 0.6 is 0 Å². The van der Waals surface area contributed by atoms with Crippen molar-refractivity contribution < 1.29 is 9.50 Å². The summed E-state index contributed by atoms with van der Waals surface area (Å²) in [4.78, 5) is 6.61. The van der Waals surface area contributed by atoms with Gasteiger partial charge in [0.05, 0.1) is 5.69 Å². The fourth-order valence-electron chi connectivity index (χ4n) is 4.76. The number of piperidine rings is 1. The van der Waals surface area contributed by atoms with E-state index < -0.39 is 5.60 Å². The number of hydrogen-bond donors (Lipinski definition) is 2. The number of H-pyrrole nitrogens is 1. The number of pyridine rings is 1. The lowest BCUT2D eigenvalue weighted by Crippen LogP contribution is -2.46. The van der Waals surface area contributed by atoms with E-state index in [2.05, 4.69) is 20.1 Å². The third-order valence-electron chi connectivity index (χ3n) is 6.20. The van der Waals surface area contributed by atoms with Crippen molar-refractivity contribution >= 4 is 0 Å². The van der Waals surface area contributed by atoms with Crippen LogP contribution < -0.4 is 0 Å². The summed E-state index contributed by atoms with van der Waals surface area (Å²) in [7, 11) is 0. The molecule has 28 heavy (non-hydrogen) atoms. The zero-order chi connectivity index (χ0) is 19.1. The molecule has 3 aromatic rings. The average Bonchev–Trinajstić information content (AvgIpc) is 3.36. The van der Waals surface area contributed by atoms with Gasteiger partial charge < -0.3 is 10.0 Å². The molecule has 1 aromatic carbocycles. The van der Waals surface area contributed by atoms with Gasteiger partial charge in [-0.2, -0.15) is 5.10 Å². The van der Waals surface area contributed by atoms with Gasteiger partial charge >= 0.3 is 0 Å². The normalized spacial score (nSPS) is 25.0. The maximum atomic E-state index is 13.4. The number of aliphatic hydroxyl groups is 1.